The number of nitrogens with one attached hydrogen (secondary N) is 2. The Balaban J connectivity index is 1.60. The van der Waals surface area contributed by atoms with Gasteiger partial charge in [-0.15, -0.1) is 0 Å². The minimum atomic E-state index is -4.52. The summed E-state index contributed by atoms with van der Waals surface area (Å²) in [6.45, 7) is 5.40. The van der Waals surface area contributed by atoms with Crippen LogP contribution in [0.15, 0.2) is 71.6 Å². The maximum Gasteiger partial charge on any atom is 0.416 e. The van der Waals surface area contributed by atoms with Crippen molar-refractivity contribution in [3.8, 4) is 5.75 Å². The molecule has 0 spiro atoms. The lowest BCUT2D eigenvalue weighted by Crippen LogP contribution is -2.48. The minimum Gasteiger partial charge on any atom is -0.490 e. The number of alkyl halides is 3. The van der Waals surface area contributed by atoms with Gasteiger partial charge in [0.25, 0.3) is 5.91 Å². The van der Waals surface area contributed by atoms with Crippen molar-refractivity contribution in [2.24, 2.45) is 5.92 Å². The van der Waals surface area contributed by atoms with Gasteiger partial charge in [-0.05, 0) is 99.8 Å². The molecule has 3 amide bonds. The quantitative estimate of drug-likeness (QED) is 0.222. The number of fused-ring (bicyclic) bond motifs is 1. The summed E-state index contributed by atoms with van der Waals surface area (Å²) in [6.07, 6.45) is -3.46. The Morgan fingerprint density at radius 1 is 1.04 bits per heavy atom. The van der Waals surface area contributed by atoms with E-state index in [2.05, 4.69) is 10.6 Å². The van der Waals surface area contributed by atoms with E-state index in [1.54, 1.807) is 13.0 Å². The summed E-state index contributed by atoms with van der Waals surface area (Å²) in [6, 6.07) is 12.9. The molecule has 3 aromatic rings. The number of likely N-dealkylation sites (N-methyl/N-ethyl adjacent to an activating group) is 1. The van der Waals surface area contributed by atoms with Crippen LogP contribution in [0.4, 0.5) is 29.3 Å². The fourth-order valence-electron chi connectivity index (χ4n) is 5.64. The molecule has 0 unspecified atom stereocenters. The van der Waals surface area contributed by atoms with Crippen molar-refractivity contribution in [2.45, 2.75) is 69.4 Å². The number of anilines is 2. The SMILES string of the molecule is C[C@H]1CCCCO[C@H](CN(C)S(=O)(=O)c2ccc(Cl)cc2)[C@@H](C)CN([C@@H](C)CO)C(=O)c2cc(NC(=O)Nc3ccc(C(F)(F)F)cc3)ccc2O1. The average Bonchev–Trinajstić information content (AvgIpc) is 3.09. The molecule has 16 heteroatoms. The number of hydrogen-bond acceptors (Lipinski definition) is 7. The number of rotatable bonds is 8. The van der Waals surface area contributed by atoms with Gasteiger partial charge in [0, 0.05) is 49.1 Å². The van der Waals surface area contributed by atoms with Gasteiger partial charge in [0.05, 0.1) is 40.9 Å². The third-order valence-electron chi connectivity index (χ3n) is 8.74. The fraction of sp³-hybridized carbons (Fsp3) is 0.444. The number of amides is 3. The summed E-state index contributed by atoms with van der Waals surface area (Å²) in [7, 11) is -2.44. The van der Waals surface area contributed by atoms with Gasteiger partial charge in [-0.2, -0.15) is 17.5 Å². The zero-order valence-electron chi connectivity index (χ0n) is 29.3. The molecule has 3 N–H and O–H groups in total. The number of carbonyl (C=O) groups excluding carboxylic acids is 2. The lowest BCUT2D eigenvalue weighted by molar-refractivity contribution is -0.137. The molecule has 0 saturated heterocycles. The number of nitrogens with zero attached hydrogens (tertiary/aromatic N) is 2. The molecule has 1 heterocycles. The van der Waals surface area contributed by atoms with Crippen LogP contribution in [0.1, 0.15) is 56.0 Å². The summed E-state index contributed by atoms with van der Waals surface area (Å²) in [5.74, 6) is -0.671. The second kappa shape index (κ2) is 17.8. The van der Waals surface area contributed by atoms with Crippen LogP contribution < -0.4 is 15.4 Å². The summed E-state index contributed by atoms with van der Waals surface area (Å²) < 4.78 is 79.4. The van der Waals surface area contributed by atoms with E-state index in [1.165, 1.54) is 52.7 Å². The van der Waals surface area contributed by atoms with E-state index in [0.717, 1.165) is 30.7 Å². The molecule has 1 aliphatic rings. The number of aliphatic hydroxyl groups excluding tert-OH is 1. The van der Waals surface area contributed by atoms with Crippen LogP contribution in [-0.4, -0.2) is 86.3 Å². The number of sulfonamides is 1. The van der Waals surface area contributed by atoms with Crippen LogP contribution >= 0.6 is 11.6 Å². The van der Waals surface area contributed by atoms with E-state index in [0.29, 0.717) is 24.5 Å². The highest BCUT2D eigenvalue weighted by Crippen LogP contribution is 2.31. The number of ether oxygens (including phenoxy) is 2. The molecule has 0 fully saturated rings. The Kier molecular flexibility index (Phi) is 14.0. The van der Waals surface area contributed by atoms with Crippen molar-refractivity contribution in [2.75, 3.05) is 44.0 Å². The normalized spacial score (nSPS) is 20.0. The van der Waals surface area contributed by atoms with Crippen LogP contribution in [0.3, 0.4) is 0 Å². The molecule has 284 valence electrons. The molecule has 4 rings (SSSR count). The molecule has 11 nitrogen and oxygen atoms in total. The smallest absolute Gasteiger partial charge is 0.416 e. The molecule has 4 atom stereocenters. The van der Waals surface area contributed by atoms with Crippen molar-refractivity contribution in [3.63, 3.8) is 0 Å². The van der Waals surface area contributed by atoms with Crippen molar-refractivity contribution >= 4 is 44.9 Å². The van der Waals surface area contributed by atoms with Gasteiger partial charge in [0.15, 0.2) is 0 Å². The first-order chi connectivity index (χ1) is 24.5. The first-order valence-corrected chi connectivity index (χ1v) is 18.6. The van der Waals surface area contributed by atoms with Gasteiger partial charge in [0.2, 0.25) is 10.0 Å². The van der Waals surface area contributed by atoms with Crippen molar-refractivity contribution in [1.29, 1.82) is 0 Å². The van der Waals surface area contributed by atoms with Crippen LogP contribution in [0.5, 0.6) is 5.75 Å². The van der Waals surface area contributed by atoms with Crippen LogP contribution in [0.25, 0.3) is 0 Å². The Bertz CT molecular complexity index is 1780. The van der Waals surface area contributed by atoms with Crippen molar-refractivity contribution in [1.82, 2.24) is 9.21 Å². The Hall–Kier alpha value is -3.89. The topological polar surface area (TPSA) is 138 Å². The highest BCUT2D eigenvalue weighted by atomic mass is 35.5. The van der Waals surface area contributed by atoms with Gasteiger partial charge < -0.3 is 30.1 Å². The molecular formula is C36H44ClF3N4O7S. The van der Waals surface area contributed by atoms with E-state index < -0.39 is 51.8 Å². The molecule has 1 aliphatic heterocycles. The van der Waals surface area contributed by atoms with Crippen molar-refractivity contribution in [3.05, 3.63) is 82.9 Å². The third-order valence-corrected chi connectivity index (χ3v) is 10.8. The first-order valence-electron chi connectivity index (χ1n) is 16.8. The number of halogens is 4. The average molecular weight is 769 g/mol. The molecular weight excluding hydrogens is 725 g/mol. The number of benzene rings is 3. The van der Waals surface area contributed by atoms with E-state index in [4.69, 9.17) is 21.1 Å². The molecule has 3 aromatic carbocycles. The van der Waals surface area contributed by atoms with Crippen LogP contribution in [0, 0.1) is 5.92 Å². The second-order valence-electron chi connectivity index (χ2n) is 12.9. The zero-order chi connectivity index (χ0) is 38.2. The van der Waals surface area contributed by atoms with Crippen LogP contribution in [0.2, 0.25) is 5.02 Å². The molecule has 52 heavy (non-hydrogen) atoms. The van der Waals surface area contributed by atoms with Gasteiger partial charge in [-0.3, -0.25) is 4.79 Å². The maximum atomic E-state index is 14.4. The summed E-state index contributed by atoms with van der Waals surface area (Å²) >= 11 is 5.97. The van der Waals surface area contributed by atoms with Gasteiger partial charge in [0.1, 0.15) is 5.75 Å². The van der Waals surface area contributed by atoms with Gasteiger partial charge in [-0.25, -0.2) is 13.2 Å². The van der Waals surface area contributed by atoms with Crippen LogP contribution in [-0.2, 0) is 20.9 Å². The number of urea groups is 1. The monoisotopic (exact) mass is 768 g/mol. The lowest BCUT2D eigenvalue weighted by Gasteiger charge is -2.35. The Morgan fingerprint density at radius 2 is 1.67 bits per heavy atom. The number of aliphatic hydroxyl groups is 1. The maximum absolute atomic E-state index is 14.4. The highest BCUT2D eigenvalue weighted by molar-refractivity contribution is 7.89. The minimum absolute atomic E-state index is 0.0140. The second-order valence-corrected chi connectivity index (χ2v) is 15.4. The van der Waals surface area contributed by atoms with E-state index in [1.807, 2.05) is 13.8 Å². The number of carbonyl (C=O) groups is 2. The van der Waals surface area contributed by atoms with Gasteiger partial charge in [-0.1, -0.05) is 18.5 Å². The summed E-state index contributed by atoms with van der Waals surface area (Å²) in [4.78, 5) is 28.7. The fourth-order valence-corrected chi connectivity index (χ4v) is 6.95. The van der Waals surface area contributed by atoms with Crippen molar-refractivity contribution < 1.29 is 45.8 Å². The molecule has 0 bridgehead atoms. The summed E-state index contributed by atoms with van der Waals surface area (Å²) in [5.41, 5.74) is -0.434. The standard InChI is InChI=1S/C36H44ClF3N4O7S/c1-23-20-44(24(2)22-45)34(46)31-19-29(42-35(47)41-28-12-8-26(9-13-28)36(38,39)40)14-17-32(31)51-25(3)7-5-6-18-50-33(23)21-43(4)52(48,49)30-15-10-27(37)11-16-30/h8-17,19,23-25,33,45H,5-7,18,20-22H2,1-4H3,(H2,41,42,47)/t23-,24-,25-,33+/m0/s1. The molecule has 0 aromatic heterocycles. The lowest BCUT2D eigenvalue weighted by atomic mass is 10.0. The third kappa shape index (κ3) is 10.8. The van der Waals surface area contributed by atoms with E-state index in [9.17, 15) is 36.3 Å². The van der Waals surface area contributed by atoms with E-state index in [-0.39, 0.29) is 53.4 Å². The predicted molar refractivity (Wildman–Crippen MR) is 192 cm³/mol. The Labute approximate surface area is 307 Å². The summed E-state index contributed by atoms with van der Waals surface area (Å²) in [5, 5.41) is 15.7. The number of hydrogen-bond donors (Lipinski definition) is 3. The predicted octanol–water partition coefficient (Wildman–Crippen LogP) is 7.12. The molecule has 0 saturated carbocycles. The zero-order valence-corrected chi connectivity index (χ0v) is 30.9. The van der Waals surface area contributed by atoms with Gasteiger partial charge >= 0.3 is 12.2 Å². The molecule has 0 aliphatic carbocycles. The first kappa shape index (κ1) is 40.9. The highest BCUT2D eigenvalue weighted by Gasteiger charge is 2.33. The Morgan fingerprint density at radius 3 is 2.31 bits per heavy atom. The molecule has 0 radical (unpaired) electrons. The van der Waals surface area contributed by atoms with E-state index >= 15 is 0 Å². The largest absolute Gasteiger partial charge is 0.490 e.